The summed E-state index contributed by atoms with van der Waals surface area (Å²) >= 11 is 1.76. The Morgan fingerprint density at radius 3 is 2.50 bits per heavy atom. The fourth-order valence-electron chi connectivity index (χ4n) is 1.27. The third-order valence-electron chi connectivity index (χ3n) is 2.08. The van der Waals surface area contributed by atoms with E-state index in [0.717, 1.165) is 23.5 Å². The van der Waals surface area contributed by atoms with Crippen molar-refractivity contribution in [3.8, 4) is 0 Å². The van der Waals surface area contributed by atoms with Crippen molar-refractivity contribution in [3.63, 3.8) is 0 Å². The molecule has 0 unspecified atom stereocenters. The molecule has 1 aromatic rings. The van der Waals surface area contributed by atoms with Crippen molar-refractivity contribution in [1.82, 2.24) is 5.32 Å². The Morgan fingerprint density at radius 2 is 1.94 bits per heavy atom. The molecule has 0 spiro atoms. The second-order valence-electron chi connectivity index (χ2n) is 3.47. The molecule has 1 amide bonds. The molecule has 96 valence electrons. The zero-order chi connectivity index (χ0) is 13.4. The van der Waals surface area contributed by atoms with Crippen molar-refractivity contribution in [3.05, 3.63) is 42.0 Å². The minimum atomic E-state index is -1.13. The van der Waals surface area contributed by atoms with Crippen LogP contribution < -0.4 is 5.32 Å². The number of carbonyl (C=O) groups excluding carboxylic acids is 1. The zero-order valence-corrected chi connectivity index (χ0v) is 10.9. The van der Waals surface area contributed by atoms with Crippen LogP contribution >= 0.6 is 11.8 Å². The van der Waals surface area contributed by atoms with Crippen LogP contribution in [0.3, 0.4) is 0 Å². The first-order valence-corrected chi connectivity index (χ1v) is 6.51. The van der Waals surface area contributed by atoms with E-state index < -0.39 is 11.9 Å². The molecule has 2 N–H and O–H groups in total. The first kappa shape index (κ1) is 14.3. The van der Waals surface area contributed by atoms with Crippen molar-refractivity contribution in [2.75, 3.05) is 5.75 Å². The van der Waals surface area contributed by atoms with Crippen molar-refractivity contribution in [2.24, 2.45) is 0 Å². The van der Waals surface area contributed by atoms with Gasteiger partial charge >= 0.3 is 5.97 Å². The van der Waals surface area contributed by atoms with E-state index in [0.29, 0.717) is 6.54 Å². The number of nitrogens with one attached hydrogen (secondary N) is 1. The average molecular weight is 265 g/mol. The van der Waals surface area contributed by atoms with Gasteiger partial charge in [-0.25, -0.2) is 4.79 Å². The van der Waals surface area contributed by atoms with Crippen LogP contribution in [0.15, 0.2) is 41.3 Å². The minimum absolute atomic E-state index is 0.389. The Labute approximate surface area is 110 Å². The summed E-state index contributed by atoms with van der Waals surface area (Å²) in [7, 11) is 0. The van der Waals surface area contributed by atoms with Crippen molar-refractivity contribution in [1.29, 1.82) is 0 Å². The molecule has 1 rings (SSSR count). The maximum atomic E-state index is 11.2. The number of amides is 1. The van der Waals surface area contributed by atoms with E-state index in [2.05, 4.69) is 12.2 Å². The van der Waals surface area contributed by atoms with Crippen LogP contribution in [0.2, 0.25) is 0 Å². The molecule has 0 aliphatic heterocycles. The van der Waals surface area contributed by atoms with E-state index in [1.165, 1.54) is 4.90 Å². The third kappa shape index (κ3) is 5.54. The van der Waals surface area contributed by atoms with Gasteiger partial charge in [0, 0.05) is 23.6 Å². The van der Waals surface area contributed by atoms with Gasteiger partial charge in [0.25, 0.3) is 0 Å². The van der Waals surface area contributed by atoms with Gasteiger partial charge in [-0.2, -0.15) is 0 Å². The molecular weight excluding hydrogens is 250 g/mol. The lowest BCUT2D eigenvalue weighted by atomic mass is 10.2. The van der Waals surface area contributed by atoms with Gasteiger partial charge in [0.05, 0.1) is 0 Å². The van der Waals surface area contributed by atoms with Crippen LogP contribution in [-0.4, -0.2) is 22.7 Å². The molecule has 0 radical (unpaired) electrons. The molecule has 0 atom stereocenters. The monoisotopic (exact) mass is 265 g/mol. The molecule has 4 nitrogen and oxygen atoms in total. The second-order valence-corrected chi connectivity index (χ2v) is 4.80. The van der Waals surface area contributed by atoms with Gasteiger partial charge in [0.1, 0.15) is 0 Å². The van der Waals surface area contributed by atoms with Gasteiger partial charge in [-0.3, -0.25) is 4.79 Å². The van der Waals surface area contributed by atoms with Gasteiger partial charge in [-0.1, -0.05) is 19.1 Å². The summed E-state index contributed by atoms with van der Waals surface area (Å²) in [6.07, 6.45) is 1.82. The lowest BCUT2D eigenvalue weighted by Crippen LogP contribution is -2.20. The number of hydrogen-bond donors (Lipinski definition) is 2. The van der Waals surface area contributed by atoms with E-state index in [-0.39, 0.29) is 0 Å². The molecule has 0 fully saturated rings. The van der Waals surface area contributed by atoms with Crippen LogP contribution in [-0.2, 0) is 16.1 Å². The molecule has 18 heavy (non-hydrogen) atoms. The predicted molar refractivity (Wildman–Crippen MR) is 71.5 cm³/mol. The summed E-state index contributed by atoms with van der Waals surface area (Å²) < 4.78 is 0. The SMILES string of the molecule is CCSc1ccc(CNC(=O)/C=C/C(=O)O)cc1. The van der Waals surface area contributed by atoms with Gasteiger partial charge in [0.2, 0.25) is 5.91 Å². The van der Waals surface area contributed by atoms with Crippen LogP contribution in [0.4, 0.5) is 0 Å². The smallest absolute Gasteiger partial charge is 0.328 e. The van der Waals surface area contributed by atoms with Crippen molar-refractivity contribution >= 4 is 23.6 Å². The number of carbonyl (C=O) groups is 2. The largest absolute Gasteiger partial charge is 0.478 e. The number of thioether (sulfide) groups is 1. The number of aliphatic carboxylic acids is 1. The molecule has 0 bridgehead atoms. The quantitative estimate of drug-likeness (QED) is 0.610. The van der Waals surface area contributed by atoms with E-state index in [9.17, 15) is 9.59 Å². The molecule has 0 aliphatic rings. The van der Waals surface area contributed by atoms with Gasteiger partial charge in [-0.05, 0) is 23.4 Å². The molecule has 5 heteroatoms. The average Bonchev–Trinajstić information content (AvgIpc) is 2.36. The maximum absolute atomic E-state index is 11.2. The molecule has 0 aliphatic carbocycles. The summed E-state index contributed by atoms with van der Waals surface area (Å²) in [6.45, 7) is 2.48. The summed E-state index contributed by atoms with van der Waals surface area (Å²) in [5, 5.41) is 11.0. The highest BCUT2D eigenvalue weighted by Crippen LogP contribution is 2.17. The lowest BCUT2D eigenvalue weighted by Gasteiger charge is -2.04. The van der Waals surface area contributed by atoms with E-state index in [4.69, 9.17) is 5.11 Å². The number of rotatable bonds is 6. The number of benzene rings is 1. The predicted octanol–water partition coefficient (Wildman–Crippen LogP) is 2.06. The van der Waals surface area contributed by atoms with E-state index >= 15 is 0 Å². The van der Waals surface area contributed by atoms with E-state index in [1.54, 1.807) is 11.8 Å². The Kier molecular flexibility index (Phi) is 6.00. The second kappa shape index (κ2) is 7.55. The normalized spacial score (nSPS) is 10.5. The third-order valence-corrected chi connectivity index (χ3v) is 2.97. The van der Waals surface area contributed by atoms with Crippen LogP contribution in [0.25, 0.3) is 0 Å². The topological polar surface area (TPSA) is 66.4 Å². The van der Waals surface area contributed by atoms with Gasteiger partial charge in [0.15, 0.2) is 0 Å². The Hall–Kier alpha value is -1.75. The molecule has 0 aromatic heterocycles. The summed E-state index contributed by atoms with van der Waals surface area (Å²) in [4.78, 5) is 22.6. The van der Waals surface area contributed by atoms with E-state index in [1.807, 2.05) is 24.3 Å². The number of carboxylic acid groups (broad SMARTS) is 1. The molecular formula is C13H15NO3S. The van der Waals surface area contributed by atoms with Crippen molar-refractivity contribution in [2.45, 2.75) is 18.4 Å². The number of carboxylic acids is 1. The summed E-state index contributed by atoms with van der Waals surface area (Å²) in [5.74, 6) is -0.522. The highest BCUT2D eigenvalue weighted by molar-refractivity contribution is 7.99. The molecule has 1 aromatic carbocycles. The van der Waals surface area contributed by atoms with Crippen LogP contribution in [0, 0.1) is 0 Å². The fraction of sp³-hybridized carbons (Fsp3) is 0.231. The zero-order valence-electron chi connectivity index (χ0n) is 10.1. The highest BCUT2D eigenvalue weighted by Gasteiger charge is 1.98. The number of hydrogen-bond acceptors (Lipinski definition) is 3. The molecule has 0 saturated carbocycles. The standard InChI is InChI=1S/C13H15NO3S/c1-2-18-11-5-3-10(4-6-11)9-14-12(15)7-8-13(16)17/h3-8H,2,9H2,1H3,(H,14,15)(H,16,17)/b8-7+. The Morgan fingerprint density at radius 1 is 1.28 bits per heavy atom. The maximum Gasteiger partial charge on any atom is 0.328 e. The van der Waals surface area contributed by atoms with Crippen LogP contribution in [0.1, 0.15) is 12.5 Å². The summed E-state index contributed by atoms with van der Waals surface area (Å²) in [6, 6.07) is 7.89. The Bertz CT molecular complexity index is 440. The molecule has 0 saturated heterocycles. The minimum Gasteiger partial charge on any atom is -0.478 e. The first-order valence-electron chi connectivity index (χ1n) is 5.52. The van der Waals surface area contributed by atoms with Gasteiger partial charge in [-0.15, -0.1) is 11.8 Å². The van der Waals surface area contributed by atoms with Crippen molar-refractivity contribution < 1.29 is 14.7 Å². The van der Waals surface area contributed by atoms with Gasteiger partial charge < -0.3 is 10.4 Å². The fourth-order valence-corrected chi connectivity index (χ4v) is 1.93. The highest BCUT2D eigenvalue weighted by atomic mass is 32.2. The van der Waals surface area contributed by atoms with Crippen LogP contribution in [0.5, 0.6) is 0 Å². The lowest BCUT2D eigenvalue weighted by molar-refractivity contribution is -0.131. The summed E-state index contributed by atoms with van der Waals surface area (Å²) in [5.41, 5.74) is 0.979. The molecule has 0 heterocycles. The Balaban J connectivity index is 2.43. The first-order chi connectivity index (χ1) is 8.61.